The van der Waals surface area contributed by atoms with Crippen LogP contribution in [0.15, 0.2) is 46.9 Å². The molecule has 0 saturated heterocycles. The molecular weight excluding hydrogens is 368 g/mol. The summed E-state index contributed by atoms with van der Waals surface area (Å²) in [6, 6.07) is 14.8. The molecule has 98 valence electrons. The van der Waals surface area contributed by atoms with Crippen LogP contribution < -0.4 is 4.74 Å². The molecule has 1 nitrogen and oxygen atoms in total. The highest BCUT2D eigenvalue weighted by Gasteiger charge is 2.32. The number of fused-ring (bicyclic) bond motifs is 1. The van der Waals surface area contributed by atoms with Gasteiger partial charge in [-0.1, -0.05) is 62.2 Å². The van der Waals surface area contributed by atoms with Gasteiger partial charge in [-0.05, 0) is 35.2 Å². The Bertz CT molecular complexity index is 609. The predicted molar refractivity (Wildman–Crippen MR) is 85.2 cm³/mol. The van der Waals surface area contributed by atoms with Crippen LogP contribution in [0, 0.1) is 0 Å². The van der Waals surface area contributed by atoms with Crippen molar-refractivity contribution < 1.29 is 4.74 Å². The summed E-state index contributed by atoms with van der Waals surface area (Å²) in [6.07, 6.45) is 1.14. The second-order valence-electron chi connectivity index (χ2n) is 4.80. The van der Waals surface area contributed by atoms with Gasteiger partial charge >= 0.3 is 0 Å². The quantitative estimate of drug-likeness (QED) is 0.661. The molecule has 1 aliphatic rings. The SMILES string of the molecule is COc1ccc(C(Br)C2Cc3ccccc32)c(Br)c1. The number of ether oxygens (including phenoxy) is 1. The van der Waals surface area contributed by atoms with Gasteiger partial charge in [0.1, 0.15) is 5.75 Å². The number of alkyl halides is 1. The highest BCUT2D eigenvalue weighted by molar-refractivity contribution is 9.11. The Balaban J connectivity index is 1.88. The molecule has 0 fully saturated rings. The van der Waals surface area contributed by atoms with Crippen molar-refractivity contribution in [2.24, 2.45) is 0 Å². The van der Waals surface area contributed by atoms with Crippen molar-refractivity contribution >= 4 is 31.9 Å². The van der Waals surface area contributed by atoms with Crippen LogP contribution in [0.2, 0.25) is 0 Å². The fraction of sp³-hybridized carbons (Fsp3) is 0.250. The minimum Gasteiger partial charge on any atom is -0.497 e. The average Bonchev–Trinajstić information content (AvgIpc) is 2.39. The van der Waals surface area contributed by atoms with Gasteiger partial charge in [-0.15, -0.1) is 0 Å². The summed E-state index contributed by atoms with van der Waals surface area (Å²) >= 11 is 7.50. The fourth-order valence-corrected chi connectivity index (χ4v) is 4.42. The smallest absolute Gasteiger partial charge is 0.120 e. The molecule has 0 aromatic heterocycles. The van der Waals surface area contributed by atoms with Gasteiger partial charge in [0.25, 0.3) is 0 Å². The Morgan fingerprint density at radius 1 is 1.21 bits per heavy atom. The van der Waals surface area contributed by atoms with Crippen LogP contribution in [-0.2, 0) is 6.42 Å². The van der Waals surface area contributed by atoms with Gasteiger partial charge in [0.15, 0.2) is 0 Å². The zero-order chi connectivity index (χ0) is 13.4. The molecular formula is C16H14Br2O. The fourth-order valence-electron chi connectivity index (χ4n) is 2.63. The Labute approximate surface area is 130 Å². The van der Waals surface area contributed by atoms with Crippen molar-refractivity contribution in [3.8, 4) is 5.75 Å². The molecule has 2 aromatic carbocycles. The molecule has 3 rings (SSSR count). The largest absolute Gasteiger partial charge is 0.497 e. The van der Waals surface area contributed by atoms with Crippen LogP contribution >= 0.6 is 31.9 Å². The van der Waals surface area contributed by atoms with Gasteiger partial charge in [0.2, 0.25) is 0 Å². The maximum Gasteiger partial charge on any atom is 0.120 e. The molecule has 0 N–H and O–H groups in total. The third-order valence-corrected chi connectivity index (χ3v) is 5.57. The van der Waals surface area contributed by atoms with Crippen LogP contribution in [0.25, 0.3) is 0 Å². The number of benzene rings is 2. The summed E-state index contributed by atoms with van der Waals surface area (Å²) < 4.78 is 6.34. The summed E-state index contributed by atoms with van der Waals surface area (Å²) in [6.45, 7) is 0. The minimum atomic E-state index is 0.336. The molecule has 0 amide bonds. The number of methoxy groups -OCH3 is 1. The molecule has 2 aromatic rings. The van der Waals surface area contributed by atoms with Crippen molar-refractivity contribution in [3.05, 3.63) is 63.6 Å². The first-order chi connectivity index (χ1) is 9.20. The van der Waals surface area contributed by atoms with E-state index in [1.165, 1.54) is 16.7 Å². The van der Waals surface area contributed by atoms with Crippen LogP contribution in [0.5, 0.6) is 5.75 Å². The Hall–Kier alpha value is -0.800. The summed E-state index contributed by atoms with van der Waals surface area (Å²) in [5.74, 6) is 1.44. The maximum atomic E-state index is 5.24. The van der Waals surface area contributed by atoms with Gasteiger partial charge in [-0.3, -0.25) is 0 Å². The highest BCUT2D eigenvalue weighted by Crippen LogP contribution is 2.49. The zero-order valence-corrected chi connectivity index (χ0v) is 13.7. The molecule has 2 atom stereocenters. The first-order valence-corrected chi connectivity index (χ1v) is 7.97. The lowest BCUT2D eigenvalue weighted by Gasteiger charge is -2.34. The second kappa shape index (κ2) is 5.29. The lowest BCUT2D eigenvalue weighted by Crippen LogP contribution is -2.21. The van der Waals surface area contributed by atoms with Crippen molar-refractivity contribution in [2.45, 2.75) is 17.2 Å². The molecule has 0 bridgehead atoms. The molecule has 0 heterocycles. The lowest BCUT2D eigenvalue weighted by molar-refractivity contribution is 0.414. The van der Waals surface area contributed by atoms with Crippen LogP contribution in [-0.4, -0.2) is 7.11 Å². The topological polar surface area (TPSA) is 9.23 Å². The molecule has 0 saturated carbocycles. The Morgan fingerprint density at radius 3 is 2.68 bits per heavy atom. The van der Waals surface area contributed by atoms with Crippen LogP contribution in [0.1, 0.15) is 27.4 Å². The summed E-state index contributed by atoms with van der Waals surface area (Å²) in [5, 5.41) is 0. The number of hydrogen-bond acceptors (Lipinski definition) is 1. The number of rotatable bonds is 3. The van der Waals surface area contributed by atoms with Crippen molar-refractivity contribution in [2.75, 3.05) is 7.11 Å². The van der Waals surface area contributed by atoms with Crippen molar-refractivity contribution in [3.63, 3.8) is 0 Å². The van der Waals surface area contributed by atoms with Gasteiger partial charge in [0, 0.05) is 15.2 Å². The average molecular weight is 382 g/mol. The van der Waals surface area contributed by atoms with E-state index >= 15 is 0 Å². The second-order valence-corrected chi connectivity index (χ2v) is 6.64. The van der Waals surface area contributed by atoms with E-state index in [0.717, 1.165) is 16.6 Å². The molecule has 1 aliphatic carbocycles. The van der Waals surface area contributed by atoms with E-state index in [9.17, 15) is 0 Å². The van der Waals surface area contributed by atoms with Crippen LogP contribution in [0.4, 0.5) is 0 Å². The molecule has 3 heteroatoms. The third-order valence-electron chi connectivity index (χ3n) is 3.75. The van der Waals surface area contributed by atoms with E-state index in [0.29, 0.717) is 10.7 Å². The van der Waals surface area contributed by atoms with E-state index in [1.54, 1.807) is 7.11 Å². The summed E-state index contributed by atoms with van der Waals surface area (Å²) in [4.78, 5) is 0.336. The van der Waals surface area contributed by atoms with E-state index < -0.39 is 0 Å². The normalized spacial score (nSPS) is 18.4. The molecule has 0 aliphatic heterocycles. The van der Waals surface area contributed by atoms with E-state index in [-0.39, 0.29) is 0 Å². The zero-order valence-electron chi connectivity index (χ0n) is 10.6. The highest BCUT2D eigenvalue weighted by atomic mass is 79.9. The third kappa shape index (κ3) is 2.34. The van der Waals surface area contributed by atoms with Gasteiger partial charge in [-0.25, -0.2) is 0 Å². The van der Waals surface area contributed by atoms with E-state index in [1.807, 2.05) is 12.1 Å². The molecule has 19 heavy (non-hydrogen) atoms. The van der Waals surface area contributed by atoms with Gasteiger partial charge in [-0.2, -0.15) is 0 Å². The molecule has 0 radical (unpaired) electrons. The van der Waals surface area contributed by atoms with Crippen LogP contribution in [0.3, 0.4) is 0 Å². The van der Waals surface area contributed by atoms with E-state index in [2.05, 4.69) is 62.2 Å². The number of halogens is 2. The Morgan fingerprint density at radius 2 is 2.00 bits per heavy atom. The summed E-state index contributed by atoms with van der Waals surface area (Å²) in [7, 11) is 1.69. The van der Waals surface area contributed by atoms with Crippen molar-refractivity contribution in [1.82, 2.24) is 0 Å². The first-order valence-electron chi connectivity index (χ1n) is 6.26. The van der Waals surface area contributed by atoms with Gasteiger partial charge < -0.3 is 4.74 Å². The predicted octanol–water partition coefficient (Wildman–Crippen LogP) is 5.23. The Kier molecular flexibility index (Phi) is 3.68. The number of hydrogen-bond donors (Lipinski definition) is 0. The lowest BCUT2D eigenvalue weighted by atomic mass is 9.74. The minimum absolute atomic E-state index is 0.336. The van der Waals surface area contributed by atoms with Gasteiger partial charge in [0.05, 0.1) is 7.11 Å². The van der Waals surface area contributed by atoms with E-state index in [4.69, 9.17) is 4.74 Å². The molecule has 2 unspecified atom stereocenters. The molecule has 0 spiro atoms. The maximum absolute atomic E-state index is 5.24. The standard InChI is InChI=1S/C16H14Br2O/c1-19-11-6-7-13(15(17)9-11)16(18)14-8-10-4-2-3-5-12(10)14/h2-7,9,14,16H,8H2,1H3. The monoisotopic (exact) mass is 380 g/mol. The van der Waals surface area contributed by atoms with Crippen molar-refractivity contribution in [1.29, 1.82) is 0 Å². The first kappa shape index (κ1) is 13.2. The summed E-state index contributed by atoms with van der Waals surface area (Å²) in [5.41, 5.74) is 4.22.